The summed E-state index contributed by atoms with van der Waals surface area (Å²) in [4.78, 5) is 46.6. The first-order chi connectivity index (χ1) is 19.7. The summed E-state index contributed by atoms with van der Waals surface area (Å²) in [6, 6.07) is 7.47. The lowest BCUT2D eigenvalue weighted by molar-refractivity contribution is -0.119. The highest BCUT2D eigenvalue weighted by atomic mass is 19.3. The van der Waals surface area contributed by atoms with E-state index in [2.05, 4.69) is 4.98 Å². The number of amides is 2. The number of rotatable bonds is 2. The molecule has 2 amide bonds. The molecule has 0 bridgehead atoms. The number of ketones is 2. The van der Waals surface area contributed by atoms with E-state index in [1.165, 1.54) is 17.0 Å². The number of Topliss-reactive ketones (excluding diaryl/α,β-unsaturated/α-hetero) is 2. The third-order valence-corrected chi connectivity index (χ3v) is 7.84. The molecule has 2 aliphatic heterocycles. The van der Waals surface area contributed by atoms with Crippen LogP contribution in [0.3, 0.4) is 0 Å². The molecule has 0 spiro atoms. The van der Waals surface area contributed by atoms with Gasteiger partial charge in [-0.3, -0.25) is 14.0 Å². The van der Waals surface area contributed by atoms with E-state index >= 15 is 4.39 Å². The number of urea groups is 1. The number of fused-ring (bicyclic) bond motifs is 1. The molecule has 7 rings (SSSR count). The number of pyridine rings is 1. The molecule has 1 aliphatic carbocycles. The van der Waals surface area contributed by atoms with E-state index in [0.29, 0.717) is 33.4 Å². The second kappa shape index (κ2) is 9.30. The SMILES string of the molecule is O=C1CC(=O)C(c2cnc3ccccn23)=C1c1cn2c3c(cc(F)cc13)CN(C(=O)N1CCOCC(F)(F)C1)CC2. The third kappa shape index (κ3) is 4.21. The molecular weight excluding hydrogens is 539 g/mol. The van der Waals surface area contributed by atoms with Gasteiger partial charge in [-0.15, -0.1) is 0 Å². The fourth-order valence-electron chi connectivity index (χ4n) is 6.10. The zero-order chi connectivity index (χ0) is 28.5. The Labute approximate surface area is 231 Å². The zero-order valence-corrected chi connectivity index (χ0v) is 21.8. The molecule has 12 heteroatoms. The first-order valence-electron chi connectivity index (χ1n) is 13.2. The number of carbonyl (C=O) groups is 3. The van der Waals surface area contributed by atoms with E-state index < -0.39 is 30.9 Å². The largest absolute Gasteiger partial charge is 0.373 e. The van der Waals surface area contributed by atoms with Gasteiger partial charge in [-0.25, -0.2) is 22.9 Å². The van der Waals surface area contributed by atoms with Crippen molar-refractivity contribution in [2.24, 2.45) is 0 Å². The standard InChI is InChI=1S/C29H24F3N5O4/c30-18-9-17-13-35(28(40)36-7-8-41-16-29(31,32)15-36)6-5-34-14-20(19(10-18)27(17)34)25-22(38)11-23(39)26(25)21-12-33-24-3-1-2-4-37(21)24/h1-4,9-10,12,14H,5-8,11,13,15-16H2. The Hall–Kier alpha value is -4.45. The van der Waals surface area contributed by atoms with Crippen LogP contribution in [0.2, 0.25) is 0 Å². The average molecular weight is 564 g/mol. The molecule has 0 unspecified atom stereocenters. The number of alkyl halides is 2. The number of ether oxygens (including phenoxy) is 1. The first kappa shape index (κ1) is 25.5. The van der Waals surface area contributed by atoms with Crippen LogP contribution in [0.4, 0.5) is 18.0 Å². The summed E-state index contributed by atoms with van der Waals surface area (Å²) in [5.74, 6) is -4.44. The van der Waals surface area contributed by atoms with E-state index in [4.69, 9.17) is 4.74 Å². The van der Waals surface area contributed by atoms with Gasteiger partial charge in [0.15, 0.2) is 11.6 Å². The monoisotopic (exact) mass is 563 g/mol. The molecular formula is C29H24F3N5O4. The zero-order valence-electron chi connectivity index (χ0n) is 21.8. The smallest absolute Gasteiger partial charge is 0.320 e. The van der Waals surface area contributed by atoms with Gasteiger partial charge in [0.05, 0.1) is 42.6 Å². The van der Waals surface area contributed by atoms with Crippen molar-refractivity contribution in [3.63, 3.8) is 0 Å². The molecule has 5 heterocycles. The fourth-order valence-corrected chi connectivity index (χ4v) is 6.10. The third-order valence-electron chi connectivity index (χ3n) is 7.84. The maximum atomic E-state index is 15.1. The number of halogens is 3. The number of allylic oxidation sites excluding steroid dienone is 2. The number of hydrogen-bond acceptors (Lipinski definition) is 5. The Balaban J connectivity index is 1.32. The van der Waals surface area contributed by atoms with Crippen molar-refractivity contribution in [3.8, 4) is 0 Å². The predicted molar refractivity (Wildman–Crippen MR) is 142 cm³/mol. The highest BCUT2D eigenvalue weighted by Gasteiger charge is 2.39. The van der Waals surface area contributed by atoms with Gasteiger partial charge >= 0.3 is 6.03 Å². The van der Waals surface area contributed by atoms with Crippen LogP contribution in [0, 0.1) is 5.82 Å². The highest BCUT2D eigenvalue weighted by molar-refractivity contribution is 6.51. The van der Waals surface area contributed by atoms with Crippen molar-refractivity contribution in [2.75, 3.05) is 32.8 Å². The molecule has 0 radical (unpaired) electrons. The van der Waals surface area contributed by atoms with E-state index in [0.717, 1.165) is 4.90 Å². The number of nitrogens with zero attached hydrogens (tertiary/aromatic N) is 5. The van der Waals surface area contributed by atoms with Crippen molar-refractivity contribution in [2.45, 2.75) is 25.4 Å². The van der Waals surface area contributed by atoms with Crippen LogP contribution in [0.15, 0.2) is 48.9 Å². The van der Waals surface area contributed by atoms with Gasteiger partial charge in [-0.1, -0.05) is 6.07 Å². The number of benzene rings is 1. The summed E-state index contributed by atoms with van der Waals surface area (Å²) in [6.07, 6.45) is 4.72. The van der Waals surface area contributed by atoms with Crippen molar-refractivity contribution in [1.82, 2.24) is 23.8 Å². The predicted octanol–water partition coefficient (Wildman–Crippen LogP) is 3.78. The molecule has 4 aromatic rings. The number of hydrogen-bond donors (Lipinski definition) is 0. The first-order valence-corrected chi connectivity index (χ1v) is 13.2. The van der Waals surface area contributed by atoms with Crippen molar-refractivity contribution in [1.29, 1.82) is 0 Å². The minimum absolute atomic E-state index is 0.000571. The van der Waals surface area contributed by atoms with Crippen LogP contribution in [0.5, 0.6) is 0 Å². The van der Waals surface area contributed by atoms with Crippen LogP contribution in [0.1, 0.15) is 23.2 Å². The van der Waals surface area contributed by atoms with Crippen molar-refractivity contribution < 1.29 is 32.3 Å². The minimum Gasteiger partial charge on any atom is -0.373 e. The molecule has 3 aliphatic rings. The van der Waals surface area contributed by atoms with Gasteiger partial charge in [0, 0.05) is 55.1 Å². The molecule has 0 saturated carbocycles. The second-order valence-electron chi connectivity index (χ2n) is 10.6. The average Bonchev–Trinajstić information content (AvgIpc) is 3.50. The normalized spacial score (nSPS) is 19.4. The Kier molecular flexibility index (Phi) is 5.79. The lowest BCUT2D eigenvalue weighted by Crippen LogP contribution is -2.48. The molecule has 210 valence electrons. The van der Waals surface area contributed by atoms with Gasteiger partial charge in [0.25, 0.3) is 5.92 Å². The molecule has 0 atom stereocenters. The lowest BCUT2D eigenvalue weighted by atomic mass is 9.98. The summed E-state index contributed by atoms with van der Waals surface area (Å²) in [5, 5.41) is 0.438. The Morgan fingerprint density at radius 2 is 1.85 bits per heavy atom. The van der Waals surface area contributed by atoms with E-state index in [-0.39, 0.29) is 61.9 Å². The molecule has 1 fully saturated rings. The molecule has 3 aromatic heterocycles. The molecule has 1 saturated heterocycles. The van der Waals surface area contributed by atoms with E-state index in [1.54, 1.807) is 35.1 Å². The number of carbonyl (C=O) groups excluding carboxylic acids is 3. The molecule has 0 N–H and O–H groups in total. The molecule has 1 aromatic carbocycles. The van der Waals surface area contributed by atoms with Gasteiger partial charge in [0.1, 0.15) is 18.1 Å². The van der Waals surface area contributed by atoms with E-state index in [9.17, 15) is 23.2 Å². The van der Waals surface area contributed by atoms with Crippen molar-refractivity contribution in [3.05, 3.63) is 71.6 Å². The van der Waals surface area contributed by atoms with Crippen LogP contribution < -0.4 is 0 Å². The second-order valence-corrected chi connectivity index (χ2v) is 10.6. The topological polar surface area (TPSA) is 89.2 Å². The van der Waals surface area contributed by atoms with Crippen LogP contribution in [-0.2, 0) is 27.4 Å². The maximum absolute atomic E-state index is 15.1. The van der Waals surface area contributed by atoms with Crippen molar-refractivity contribution >= 4 is 45.3 Å². The van der Waals surface area contributed by atoms with Crippen LogP contribution >= 0.6 is 0 Å². The van der Waals surface area contributed by atoms with Crippen LogP contribution in [-0.4, -0.2) is 80.1 Å². The van der Waals surface area contributed by atoms with Gasteiger partial charge in [0.2, 0.25) is 0 Å². The summed E-state index contributed by atoms with van der Waals surface area (Å²) in [7, 11) is 0. The summed E-state index contributed by atoms with van der Waals surface area (Å²) in [6.45, 7) is -1.03. The van der Waals surface area contributed by atoms with Gasteiger partial charge < -0.3 is 19.1 Å². The molecule has 41 heavy (non-hydrogen) atoms. The van der Waals surface area contributed by atoms with Gasteiger partial charge in [-0.2, -0.15) is 0 Å². The molecule has 9 nitrogen and oxygen atoms in total. The quantitative estimate of drug-likeness (QED) is 0.347. The Bertz CT molecular complexity index is 1810. The Morgan fingerprint density at radius 3 is 2.71 bits per heavy atom. The minimum atomic E-state index is -3.16. The van der Waals surface area contributed by atoms with Gasteiger partial charge in [-0.05, 0) is 29.8 Å². The Morgan fingerprint density at radius 1 is 1.02 bits per heavy atom. The summed E-state index contributed by atoms with van der Waals surface area (Å²) >= 11 is 0. The maximum Gasteiger partial charge on any atom is 0.320 e. The van der Waals surface area contributed by atoms with E-state index in [1.807, 2.05) is 10.6 Å². The summed E-state index contributed by atoms with van der Waals surface area (Å²) < 4.78 is 51.9. The summed E-state index contributed by atoms with van der Waals surface area (Å²) in [5.41, 5.74) is 3.07. The number of imidazole rings is 1. The number of aromatic nitrogens is 3. The highest BCUT2D eigenvalue weighted by Crippen LogP contribution is 2.41. The lowest BCUT2D eigenvalue weighted by Gasteiger charge is -2.30. The van der Waals surface area contributed by atoms with Crippen LogP contribution in [0.25, 0.3) is 27.7 Å². The fraction of sp³-hybridized carbons (Fsp3) is 0.310.